The Balaban J connectivity index is 1.77. The first kappa shape index (κ1) is 16.2. The van der Waals surface area contributed by atoms with Crippen molar-refractivity contribution in [2.45, 2.75) is 26.7 Å². The molecule has 0 aromatic carbocycles. The molecule has 0 atom stereocenters. The molecule has 0 aliphatic rings. The number of carbonyl (C=O) groups excluding carboxylic acids is 2. The minimum atomic E-state index is -0.220. The topological polar surface area (TPSA) is 84.2 Å². The molecule has 2 N–H and O–H groups in total. The molecule has 0 unspecified atom stereocenters. The zero-order valence-corrected chi connectivity index (χ0v) is 13.5. The maximum atomic E-state index is 12.1. The van der Waals surface area contributed by atoms with Gasteiger partial charge in [0.25, 0.3) is 11.8 Å². The maximum absolute atomic E-state index is 12.1. The minimum absolute atomic E-state index is 0.144. The molecule has 0 saturated heterocycles. The fourth-order valence-electron chi connectivity index (χ4n) is 1.91. The van der Waals surface area contributed by atoms with E-state index in [4.69, 9.17) is 4.42 Å². The van der Waals surface area contributed by atoms with Crippen LogP contribution in [-0.4, -0.2) is 29.9 Å². The molecule has 7 heteroatoms. The highest BCUT2D eigenvalue weighted by Gasteiger charge is 2.14. The molecular formula is C15H19N3O3S. The van der Waals surface area contributed by atoms with Crippen LogP contribution in [0.25, 0.3) is 0 Å². The Labute approximate surface area is 132 Å². The van der Waals surface area contributed by atoms with E-state index in [1.807, 2.05) is 6.92 Å². The van der Waals surface area contributed by atoms with Gasteiger partial charge in [-0.25, -0.2) is 4.98 Å². The summed E-state index contributed by atoms with van der Waals surface area (Å²) in [4.78, 5) is 28.8. The summed E-state index contributed by atoms with van der Waals surface area (Å²) in [5.74, 6) is -0.364. The number of hydrogen-bond donors (Lipinski definition) is 2. The van der Waals surface area contributed by atoms with Gasteiger partial charge in [0.2, 0.25) is 0 Å². The zero-order chi connectivity index (χ0) is 15.9. The van der Waals surface area contributed by atoms with Crippen LogP contribution in [0.15, 0.2) is 23.0 Å². The molecule has 2 rings (SSSR count). The van der Waals surface area contributed by atoms with Crippen LogP contribution in [0.5, 0.6) is 0 Å². The van der Waals surface area contributed by atoms with Gasteiger partial charge in [-0.2, -0.15) is 0 Å². The number of rotatable bonds is 7. The van der Waals surface area contributed by atoms with E-state index < -0.39 is 0 Å². The average molecular weight is 321 g/mol. The zero-order valence-electron chi connectivity index (χ0n) is 12.6. The molecule has 22 heavy (non-hydrogen) atoms. The van der Waals surface area contributed by atoms with Gasteiger partial charge in [0.1, 0.15) is 11.1 Å². The van der Waals surface area contributed by atoms with Gasteiger partial charge in [-0.1, -0.05) is 6.92 Å². The van der Waals surface area contributed by atoms with Gasteiger partial charge in [0.05, 0.1) is 22.5 Å². The summed E-state index contributed by atoms with van der Waals surface area (Å²) < 4.78 is 4.84. The van der Waals surface area contributed by atoms with Crippen LogP contribution in [-0.2, 0) is 6.42 Å². The molecule has 0 saturated carbocycles. The molecule has 118 valence electrons. The molecule has 0 aliphatic heterocycles. The van der Waals surface area contributed by atoms with Gasteiger partial charge in [0.15, 0.2) is 0 Å². The molecule has 2 amide bonds. The highest BCUT2D eigenvalue weighted by atomic mass is 32.1. The standard InChI is InChI=1S/C15H19N3O3S/c1-3-4-12-18-10(2)13(22-12)15(20)17-7-6-16-14(19)11-5-8-21-9-11/h5,8-9H,3-4,6-7H2,1-2H3,(H,16,19)(H,17,20). The van der Waals surface area contributed by atoms with Crippen molar-refractivity contribution in [3.63, 3.8) is 0 Å². The Morgan fingerprint density at radius 1 is 1.27 bits per heavy atom. The number of thiazole rings is 1. The van der Waals surface area contributed by atoms with Crippen LogP contribution in [0.4, 0.5) is 0 Å². The van der Waals surface area contributed by atoms with E-state index >= 15 is 0 Å². The second-order valence-corrected chi connectivity index (χ2v) is 5.88. The summed E-state index contributed by atoms with van der Waals surface area (Å²) in [6.07, 6.45) is 4.72. The quantitative estimate of drug-likeness (QED) is 0.765. The van der Waals surface area contributed by atoms with E-state index in [2.05, 4.69) is 22.5 Å². The Bertz CT molecular complexity index is 635. The SMILES string of the molecule is CCCc1nc(C)c(C(=O)NCCNC(=O)c2ccoc2)s1. The first-order valence-corrected chi connectivity index (χ1v) is 7.98. The van der Waals surface area contributed by atoms with Gasteiger partial charge in [0, 0.05) is 13.1 Å². The van der Waals surface area contributed by atoms with Crippen LogP contribution in [0.3, 0.4) is 0 Å². The molecule has 2 heterocycles. The van der Waals surface area contributed by atoms with Crippen molar-refractivity contribution < 1.29 is 14.0 Å². The third kappa shape index (κ3) is 4.17. The number of aryl methyl sites for hydroxylation is 2. The van der Waals surface area contributed by atoms with Gasteiger partial charge in [-0.15, -0.1) is 11.3 Å². The summed E-state index contributed by atoms with van der Waals surface area (Å²) in [6, 6.07) is 1.59. The third-order valence-electron chi connectivity index (χ3n) is 2.99. The second kappa shape index (κ2) is 7.74. The van der Waals surface area contributed by atoms with E-state index in [0.29, 0.717) is 23.5 Å². The predicted octanol–water partition coefficient (Wildman–Crippen LogP) is 2.16. The van der Waals surface area contributed by atoms with Crippen LogP contribution >= 0.6 is 11.3 Å². The predicted molar refractivity (Wildman–Crippen MR) is 84.2 cm³/mol. The summed E-state index contributed by atoms with van der Waals surface area (Å²) in [7, 11) is 0. The smallest absolute Gasteiger partial charge is 0.263 e. The van der Waals surface area contributed by atoms with Crippen molar-refractivity contribution in [2.24, 2.45) is 0 Å². The molecular weight excluding hydrogens is 302 g/mol. The highest BCUT2D eigenvalue weighted by molar-refractivity contribution is 7.13. The lowest BCUT2D eigenvalue weighted by atomic mass is 10.3. The molecule has 0 spiro atoms. The van der Waals surface area contributed by atoms with Crippen molar-refractivity contribution >= 4 is 23.2 Å². The van der Waals surface area contributed by atoms with Gasteiger partial charge >= 0.3 is 0 Å². The first-order valence-electron chi connectivity index (χ1n) is 7.16. The number of aromatic nitrogens is 1. The highest BCUT2D eigenvalue weighted by Crippen LogP contribution is 2.19. The molecule has 0 radical (unpaired) electrons. The first-order chi connectivity index (χ1) is 10.6. The molecule has 0 fully saturated rings. The fraction of sp³-hybridized carbons (Fsp3) is 0.400. The van der Waals surface area contributed by atoms with Crippen LogP contribution in [0, 0.1) is 6.92 Å². The minimum Gasteiger partial charge on any atom is -0.472 e. The second-order valence-electron chi connectivity index (χ2n) is 4.80. The van der Waals surface area contributed by atoms with Crippen LogP contribution < -0.4 is 10.6 Å². The Hall–Kier alpha value is -2.15. The number of hydrogen-bond acceptors (Lipinski definition) is 5. The van der Waals surface area contributed by atoms with E-state index in [1.165, 1.54) is 23.9 Å². The largest absolute Gasteiger partial charge is 0.472 e. The molecule has 2 aromatic heterocycles. The van der Waals surface area contributed by atoms with Crippen molar-refractivity contribution in [1.82, 2.24) is 15.6 Å². The summed E-state index contributed by atoms with van der Waals surface area (Å²) in [6.45, 7) is 4.64. The Morgan fingerprint density at radius 3 is 2.64 bits per heavy atom. The average Bonchev–Trinajstić information content (AvgIpc) is 3.13. The van der Waals surface area contributed by atoms with Gasteiger partial charge in [-0.05, 0) is 25.8 Å². The van der Waals surface area contributed by atoms with E-state index in [0.717, 1.165) is 23.5 Å². The van der Waals surface area contributed by atoms with Gasteiger partial charge < -0.3 is 15.1 Å². The van der Waals surface area contributed by atoms with Crippen molar-refractivity contribution in [2.75, 3.05) is 13.1 Å². The van der Waals surface area contributed by atoms with E-state index in [1.54, 1.807) is 6.07 Å². The third-order valence-corrected chi connectivity index (χ3v) is 4.21. The monoisotopic (exact) mass is 321 g/mol. The summed E-state index contributed by atoms with van der Waals surface area (Å²) in [5, 5.41) is 6.48. The number of nitrogens with zero attached hydrogens (tertiary/aromatic N) is 1. The molecule has 2 aromatic rings. The number of carbonyl (C=O) groups is 2. The lowest BCUT2D eigenvalue weighted by Crippen LogP contribution is -2.34. The lowest BCUT2D eigenvalue weighted by Gasteiger charge is -2.05. The number of furan rings is 1. The van der Waals surface area contributed by atoms with Gasteiger partial charge in [-0.3, -0.25) is 9.59 Å². The van der Waals surface area contributed by atoms with Crippen molar-refractivity contribution in [1.29, 1.82) is 0 Å². The van der Waals surface area contributed by atoms with Crippen LogP contribution in [0.1, 0.15) is 44.1 Å². The molecule has 0 bridgehead atoms. The number of amides is 2. The maximum Gasteiger partial charge on any atom is 0.263 e. The van der Waals surface area contributed by atoms with E-state index in [-0.39, 0.29) is 11.8 Å². The Morgan fingerprint density at radius 2 is 2.00 bits per heavy atom. The lowest BCUT2D eigenvalue weighted by molar-refractivity contribution is 0.0929. The molecule has 6 nitrogen and oxygen atoms in total. The van der Waals surface area contributed by atoms with Crippen LogP contribution in [0.2, 0.25) is 0 Å². The normalized spacial score (nSPS) is 10.5. The number of nitrogens with one attached hydrogen (secondary N) is 2. The fourth-order valence-corrected chi connectivity index (χ4v) is 2.99. The Kier molecular flexibility index (Phi) is 5.71. The molecule has 0 aliphatic carbocycles. The van der Waals surface area contributed by atoms with Crippen molar-refractivity contribution in [3.05, 3.63) is 39.7 Å². The summed E-state index contributed by atoms with van der Waals surface area (Å²) in [5.41, 5.74) is 1.22. The summed E-state index contributed by atoms with van der Waals surface area (Å²) >= 11 is 1.43. The van der Waals surface area contributed by atoms with Crippen molar-refractivity contribution in [3.8, 4) is 0 Å². The van der Waals surface area contributed by atoms with E-state index in [9.17, 15) is 9.59 Å².